The largest absolute Gasteiger partial charge is 0.325 e. The highest BCUT2D eigenvalue weighted by molar-refractivity contribution is 5.89. The molecule has 0 aliphatic carbocycles. The van der Waals surface area contributed by atoms with Gasteiger partial charge in [-0.3, -0.25) is 0 Å². The lowest BCUT2D eigenvalue weighted by Gasteiger charge is -2.36. The number of carbonyl (C=O) groups is 1. The third-order valence-corrected chi connectivity index (χ3v) is 5.17. The number of benzene rings is 1. The molecule has 23 heavy (non-hydrogen) atoms. The van der Waals surface area contributed by atoms with E-state index in [9.17, 15) is 4.79 Å². The van der Waals surface area contributed by atoms with E-state index in [-0.39, 0.29) is 6.03 Å². The van der Waals surface area contributed by atoms with Gasteiger partial charge in [-0.25, -0.2) is 4.79 Å². The van der Waals surface area contributed by atoms with E-state index in [1.807, 2.05) is 29.2 Å². The van der Waals surface area contributed by atoms with E-state index in [0.717, 1.165) is 37.5 Å². The minimum Gasteiger partial charge on any atom is -0.325 e. The van der Waals surface area contributed by atoms with E-state index in [1.165, 1.54) is 44.5 Å². The number of piperidine rings is 2. The second-order valence-corrected chi connectivity index (χ2v) is 7.09. The third-order valence-electron chi connectivity index (χ3n) is 5.17. The molecule has 4 heteroatoms. The molecule has 1 N–H and O–H groups in total. The standard InChI is InChI=1S/C19H29N3O/c1-16-5-7-18(8-6-16)20-19(23)22-13-9-17(10-14-22)15-21-11-3-2-4-12-21/h5-8,17H,2-4,9-15H2,1H3,(H,20,23). The fraction of sp³-hybridized carbons (Fsp3) is 0.632. The molecule has 4 nitrogen and oxygen atoms in total. The molecule has 0 bridgehead atoms. The number of nitrogens with zero attached hydrogens (tertiary/aromatic N) is 2. The van der Waals surface area contributed by atoms with Gasteiger partial charge in [-0.15, -0.1) is 0 Å². The van der Waals surface area contributed by atoms with Crippen molar-refractivity contribution in [2.75, 3.05) is 38.0 Å². The Bertz CT molecular complexity index is 500. The summed E-state index contributed by atoms with van der Waals surface area (Å²) in [5, 5.41) is 3.01. The molecule has 2 heterocycles. The number of rotatable bonds is 3. The zero-order valence-corrected chi connectivity index (χ0v) is 14.3. The van der Waals surface area contributed by atoms with Crippen molar-refractivity contribution in [3.8, 4) is 0 Å². The average Bonchev–Trinajstić information content (AvgIpc) is 2.58. The highest BCUT2D eigenvalue weighted by atomic mass is 16.2. The number of nitrogens with one attached hydrogen (secondary N) is 1. The van der Waals surface area contributed by atoms with E-state index >= 15 is 0 Å². The zero-order valence-electron chi connectivity index (χ0n) is 14.3. The number of amides is 2. The van der Waals surface area contributed by atoms with Gasteiger partial charge in [0, 0.05) is 25.3 Å². The molecule has 0 radical (unpaired) electrons. The third kappa shape index (κ3) is 4.71. The van der Waals surface area contributed by atoms with Gasteiger partial charge in [-0.1, -0.05) is 24.1 Å². The lowest BCUT2D eigenvalue weighted by atomic mass is 9.95. The van der Waals surface area contributed by atoms with Gasteiger partial charge in [-0.2, -0.15) is 0 Å². The van der Waals surface area contributed by atoms with Gasteiger partial charge >= 0.3 is 6.03 Å². The number of hydrogen-bond donors (Lipinski definition) is 1. The number of urea groups is 1. The highest BCUT2D eigenvalue weighted by Gasteiger charge is 2.24. The highest BCUT2D eigenvalue weighted by Crippen LogP contribution is 2.21. The molecular formula is C19H29N3O. The van der Waals surface area contributed by atoms with Crippen LogP contribution >= 0.6 is 0 Å². The van der Waals surface area contributed by atoms with Crippen molar-refractivity contribution in [2.24, 2.45) is 5.92 Å². The van der Waals surface area contributed by atoms with Crippen molar-refractivity contribution in [3.05, 3.63) is 29.8 Å². The van der Waals surface area contributed by atoms with Crippen LogP contribution < -0.4 is 5.32 Å². The summed E-state index contributed by atoms with van der Waals surface area (Å²) in [5.74, 6) is 0.761. The molecule has 0 aromatic heterocycles. The van der Waals surface area contributed by atoms with Crippen LogP contribution in [0.4, 0.5) is 10.5 Å². The Morgan fingerprint density at radius 2 is 1.70 bits per heavy atom. The topological polar surface area (TPSA) is 35.6 Å². The Balaban J connectivity index is 1.42. The van der Waals surface area contributed by atoms with Crippen molar-refractivity contribution in [2.45, 2.75) is 39.0 Å². The van der Waals surface area contributed by atoms with Crippen LogP contribution in [-0.4, -0.2) is 48.6 Å². The normalized spacial score (nSPS) is 20.5. The van der Waals surface area contributed by atoms with Gasteiger partial charge in [0.05, 0.1) is 0 Å². The Morgan fingerprint density at radius 3 is 2.35 bits per heavy atom. The molecule has 2 amide bonds. The van der Waals surface area contributed by atoms with Gasteiger partial charge in [0.25, 0.3) is 0 Å². The minimum atomic E-state index is 0.0466. The first-order valence-electron chi connectivity index (χ1n) is 9.05. The molecule has 0 saturated carbocycles. The van der Waals surface area contributed by atoms with Gasteiger partial charge in [-0.05, 0) is 63.7 Å². The maximum absolute atomic E-state index is 12.4. The molecule has 3 rings (SSSR count). The quantitative estimate of drug-likeness (QED) is 0.922. The van der Waals surface area contributed by atoms with Crippen molar-refractivity contribution in [3.63, 3.8) is 0 Å². The summed E-state index contributed by atoms with van der Waals surface area (Å²) in [7, 11) is 0. The number of hydrogen-bond acceptors (Lipinski definition) is 2. The Hall–Kier alpha value is -1.55. The number of likely N-dealkylation sites (tertiary alicyclic amines) is 2. The maximum atomic E-state index is 12.4. The number of anilines is 1. The van der Waals surface area contributed by atoms with Crippen LogP contribution in [0.15, 0.2) is 24.3 Å². The van der Waals surface area contributed by atoms with Gasteiger partial charge < -0.3 is 15.1 Å². The number of carbonyl (C=O) groups excluding carboxylic acids is 1. The summed E-state index contributed by atoms with van der Waals surface area (Å²) in [5.41, 5.74) is 2.09. The lowest BCUT2D eigenvalue weighted by Crippen LogP contribution is -2.44. The molecule has 2 saturated heterocycles. The van der Waals surface area contributed by atoms with E-state index < -0.39 is 0 Å². The molecule has 0 unspecified atom stereocenters. The molecular weight excluding hydrogens is 286 g/mol. The minimum absolute atomic E-state index is 0.0466. The predicted octanol–water partition coefficient (Wildman–Crippen LogP) is 3.72. The summed E-state index contributed by atoms with van der Waals surface area (Å²) in [6.07, 6.45) is 6.39. The molecule has 1 aromatic carbocycles. The summed E-state index contributed by atoms with van der Waals surface area (Å²) in [6, 6.07) is 8.04. The first kappa shape index (κ1) is 16.3. The van der Waals surface area contributed by atoms with Crippen LogP contribution in [0.1, 0.15) is 37.7 Å². The fourth-order valence-electron chi connectivity index (χ4n) is 3.67. The fourth-order valence-corrected chi connectivity index (χ4v) is 3.67. The Labute approximate surface area is 139 Å². The maximum Gasteiger partial charge on any atom is 0.321 e. The van der Waals surface area contributed by atoms with Crippen LogP contribution in [0.25, 0.3) is 0 Å². The predicted molar refractivity (Wildman–Crippen MR) is 94.8 cm³/mol. The van der Waals surface area contributed by atoms with Crippen molar-refractivity contribution < 1.29 is 4.79 Å². The smallest absolute Gasteiger partial charge is 0.321 e. The lowest BCUT2D eigenvalue weighted by molar-refractivity contribution is 0.142. The average molecular weight is 315 g/mol. The molecule has 0 atom stereocenters. The van der Waals surface area contributed by atoms with E-state index in [2.05, 4.69) is 17.1 Å². The molecule has 126 valence electrons. The van der Waals surface area contributed by atoms with Crippen LogP contribution in [0, 0.1) is 12.8 Å². The van der Waals surface area contributed by atoms with E-state index in [0.29, 0.717) is 0 Å². The van der Waals surface area contributed by atoms with Gasteiger partial charge in [0.1, 0.15) is 0 Å². The van der Waals surface area contributed by atoms with Crippen molar-refractivity contribution in [1.82, 2.24) is 9.80 Å². The first-order chi connectivity index (χ1) is 11.2. The van der Waals surface area contributed by atoms with Gasteiger partial charge in [0.2, 0.25) is 0 Å². The molecule has 0 spiro atoms. The van der Waals surface area contributed by atoms with Crippen molar-refractivity contribution >= 4 is 11.7 Å². The van der Waals surface area contributed by atoms with Crippen LogP contribution in [0.5, 0.6) is 0 Å². The van der Waals surface area contributed by atoms with Gasteiger partial charge in [0.15, 0.2) is 0 Å². The molecule has 2 aliphatic rings. The van der Waals surface area contributed by atoms with Crippen LogP contribution in [0.3, 0.4) is 0 Å². The zero-order chi connectivity index (χ0) is 16.1. The Morgan fingerprint density at radius 1 is 1.04 bits per heavy atom. The summed E-state index contributed by atoms with van der Waals surface area (Å²) >= 11 is 0. The Kier molecular flexibility index (Phi) is 5.55. The molecule has 2 aliphatic heterocycles. The SMILES string of the molecule is Cc1ccc(NC(=O)N2CCC(CN3CCCCC3)CC2)cc1. The number of aryl methyl sites for hydroxylation is 1. The van der Waals surface area contributed by atoms with Crippen molar-refractivity contribution in [1.29, 1.82) is 0 Å². The first-order valence-corrected chi connectivity index (χ1v) is 9.05. The molecule has 1 aromatic rings. The second kappa shape index (κ2) is 7.82. The summed E-state index contributed by atoms with van der Waals surface area (Å²) < 4.78 is 0. The summed E-state index contributed by atoms with van der Waals surface area (Å²) in [6.45, 7) is 7.60. The second-order valence-electron chi connectivity index (χ2n) is 7.09. The molecule has 2 fully saturated rings. The summed E-state index contributed by atoms with van der Waals surface area (Å²) in [4.78, 5) is 16.9. The van der Waals surface area contributed by atoms with E-state index in [4.69, 9.17) is 0 Å². The van der Waals surface area contributed by atoms with Crippen LogP contribution in [0.2, 0.25) is 0 Å². The van der Waals surface area contributed by atoms with E-state index in [1.54, 1.807) is 0 Å². The van der Waals surface area contributed by atoms with Crippen LogP contribution in [-0.2, 0) is 0 Å². The monoisotopic (exact) mass is 315 g/mol.